The van der Waals surface area contributed by atoms with Crippen LogP contribution in [0.15, 0.2) is 41.3 Å². The van der Waals surface area contributed by atoms with Crippen LogP contribution in [0.3, 0.4) is 0 Å². The molecule has 0 unspecified atom stereocenters. The molecule has 0 atom stereocenters. The first-order valence-electron chi connectivity index (χ1n) is 13.7. The summed E-state index contributed by atoms with van der Waals surface area (Å²) in [7, 11) is -3.20. The van der Waals surface area contributed by atoms with Crippen LogP contribution in [0.2, 0.25) is 0 Å². The number of benzene rings is 2. The largest absolute Gasteiger partial charge is 0.368 e. The van der Waals surface area contributed by atoms with Gasteiger partial charge in [-0.05, 0) is 85.5 Å². The first kappa shape index (κ1) is 24.0. The van der Waals surface area contributed by atoms with Crippen molar-refractivity contribution < 1.29 is 13.2 Å². The number of fused-ring (bicyclic) bond motifs is 2. The zero-order chi connectivity index (χ0) is 24.7. The molecule has 36 heavy (non-hydrogen) atoms. The molecule has 1 amide bonds. The van der Waals surface area contributed by atoms with E-state index in [1.165, 1.54) is 55.6 Å². The van der Waals surface area contributed by atoms with E-state index in [1.807, 2.05) is 11.0 Å². The molecule has 0 aromatic heterocycles. The number of carbonyl (C=O) groups is 1. The van der Waals surface area contributed by atoms with Crippen LogP contribution in [-0.4, -0.2) is 75.2 Å². The Bertz CT molecular complexity index is 1240. The quantitative estimate of drug-likeness (QED) is 0.634. The van der Waals surface area contributed by atoms with E-state index in [9.17, 15) is 13.2 Å². The van der Waals surface area contributed by atoms with Crippen LogP contribution in [0, 0.1) is 0 Å². The molecule has 192 valence electrons. The number of piperazine rings is 1. The van der Waals surface area contributed by atoms with Crippen molar-refractivity contribution in [1.82, 2.24) is 9.80 Å². The average Bonchev–Trinajstić information content (AvgIpc) is 3.35. The molecule has 3 aliphatic heterocycles. The van der Waals surface area contributed by atoms with Crippen LogP contribution in [0.25, 0.3) is 0 Å². The normalized spacial score (nSPS) is 22.7. The molecule has 6 nitrogen and oxygen atoms in total. The molecule has 0 N–H and O–H groups in total. The SMILES string of the molecule is O=C(c1ccc2c(c1)CCCS2(=O)=O)N1CCN(c2ccc3c(c2)CCN(C2CCCC2)CC3)CC1. The highest BCUT2D eigenvalue weighted by Crippen LogP contribution is 2.29. The number of hydrogen-bond acceptors (Lipinski definition) is 5. The van der Waals surface area contributed by atoms with Crippen molar-refractivity contribution in [3.05, 3.63) is 58.7 Å². The molecule has 1 saturated carbocycles. The fourth-order valence-corrected chi connectivity index (χ4v) is 8.26. The molecule has 6 rings (SSSR count). The van der Waals surface area contributed by atoms with E-state index in [4.69, 9.17) is 0 Å². The highest BCUT2D eigenvalue weighted by atomic mass is 32.2. The summed E-state index contributed by atoms with van der Waals surface area (Å²) in [6.45, 7) is 5.36. The molecule has 0 bridgehead atoms. The van der Waals surface area contributed by atoms with E-state index in [1.54, 1.807) is 12.1 Å². The zero-order valence-corrected chi connectivity index (χ0v) is 21.9. The summed E-state index contributed by atoms with van der Waals surface area (Å²) in [6, 6.07) is 12.9. The number of aryl methyl sites for hydroxylation is 1. The summed E-state index contributed by atoms with van der Waals surface area (Å²) in [5.41, 5.74) is 5.67. The lowest BCUT2D eigenvalue weighted by Crippen LogP contribution is -2.48. The standard InChI is InChI=1S/C29H37N3O3S/c33-29(25-8-10-28-24(20-25)4-3-19-36(28,34)35)32-17-15-31(16-18-32)27-9-7-22-11-13-30(14-12-23(22)21-27)26-5-1-2-6-26/h7-10,20-21,26H,1-6,11-19H2. The number of anilines is 1. The maximum absolute atomic E-state index is 13.2. The third kappa shape index (κ3) is 4.68. The second kappa shape index (κ2) is 9.82. The van der Waals surface area contributed by atoms with Gasteiger partial charge in [0.2, 0.25) is 0 Å². The molecule has 4 aliphatic rings. The molecule has 0 radical (unpaired) electrons. The van der Waals surface area contributed by atoms with Gasteiger partial charge in [-0.3, -0.25) is 9.69 Å². The number of amides is 1. The van der Waals surface area contributed by atoms with E-state index in [-0.39, 0.29) is 11.7 Å². The van der Waals surface area contributed by atoms with Crippen molar-refractivity contribution >= 4 is 21.4 Å². The Labute approximate surface area is 215 Å². The van der Waals surface area contributed by atoms with Gasteiger partial charge in [0.1, 0.15) is 0 Å². The molecule has 0 spiro atoms. The minimum atomic E-state index is -3.20. The first-order valence-corrected chi connectivity index (χ1v) is 15.4. The Morgan fingerprint density at radius 2 is 1.50 bits per heavy atom. The summed E-state index contributed by atoms with van der Waals surface area (Å²) in [6.07, 6.45) is 9.15. The van der Waals surface area contributed by atoms with E-state index >= 15 is 0 Å². The van der Waals surface area contributed by atoms with E-state index in [2.05, 4.69) is 28.0 Å². The fraction of sp³-hybridized carbons (Fsp3) is 0.552. The van der Waals surface area contributed by atoms with Gasteiger partial charge in [-0.15, -0.1) is 0 Å². The minimum absolute atomic E-state index is 0.00866. The average molecular weight is 508 g/mol. The highest BCUT2D eigenvalue weighted by molar-refractivity contribution is 7.91. The smallest absolute Gasteiger partial charge is 0.253 e. The van der Waals surface area contributed by atoms with Crippen molar-refractivity contribution in [3.63, 3.8) is 0 Å². The predicted molar refractivity (Wildman–Crippen MR) is 143 cm³/mol. The summed E-state index contributed by atoms with van der Waals surface area (Å²) < 4.78 is 24.6. The van der Waals surface area contributed by atoms with E-state index in [0.717, 1.165) is 44.0 Å². The molecular weight excluding hydrogens is 470 g/mol. The number of rotatable bonds is 3. The number of hydrogen-bond donors (Lipinski definition) is 0. The van der Waals surface area contributed by atoms with Crippen LogP contribution >= 0.6 is 0 Å². The second-order valence-corrected chi connectivity index (χ2v) is 13.0. The predicted octanol–water partition coefficient (Wildman–Crippen LogP) is 3.71. The molecule has 2 fully saturated rings. The van der Waals surface area contributed by atoms with Gasteiger partial charge < -0.3 is 9.80 Å². The third-order valence-electron chi connectivity index (χ3n) is 8.80. The van der Waals surface area contributed by atoms with Gasteiger partial charge in [-0.1, -0.05) is 18.9 Å². The monoisotopic (exact) mass is 507 g/mol. The maximum Gasteiger partial charge on any atom is 0.253 e. The number of carbonyl (C=O) groups excluding carboxylic acids is 1. The van der Waals surface area contributed by atoms with Gasteiger partial charge in [0.05, 0.1) is 10.6 Å². The topological polar surface area (TPSA) is 60.9 Å². The van der Waals surface area contributed by atoms with Crippen molar-refractivity contribution in [2.75, 3.05) is 49.9 Å². The number of sulfone groups is 1. The maximum atomic E-state index is 13.2. The summed E-state index contributed by atoms with van der Waals surface area (Å²) >= 11 is 0. The van der Waals surface area contributed by atoms with Gasteiger partial charge in [0, 0.05) is 56.6 Å². The molecule has 2 aromatic carbocycles. The van der Waals surface area contributed by atoms with Crippen LogP contribution in [0.5, 0.6) is 0 Å². The Balaban J connectivity index is 1.09. The first-order chi connectivity index (χ1) is 17.5. The van der Waals surface area contributed by atoms with Crippen molar-refractivity contribution in [3.8, 4) is 0 Å². The van der Waals surface area contributed by atoms with Gasteiger partial charge in [-0.25, -0.2) is 8.42 Å². The Hall–Kier alpha value is -2.38. The lowest BCUT2D eigenvalue weighted by molar-refractivity contribution is 0.0746. The van der Waals surface area contributed by atoms with Crippen molar-refractivity contribution in [1.29, 1.82) is 0 Å². The Morgan fingerprint density at radius 1 is 0.750 bits per heavy atom. The molecular formula is C29H37N3O3S. The lowest BCUT2D eigenvalue weighted by atomic mass is 10.0. The minimum Gasteiger partial charge on any atom is -0.368 e. The van der Waals surface area contributed by atoms with Crippen LogP contribution in [0.4, 0.5) is 5.69 Å². The van der Waals surface area contributed by atoms with Crippen LogP contribution < -0.4 is 4.90 Å². The fourth-order valence-electron chi connectivity index (χ4n) is 6.68. The van der Waals surface area contributed by atoms with E-state index in [0.29, 0.717) is 30.0 Å². The Morgan fingerprint density at radius 3 is 2.28 bits per heavy atom. The van der Waals surface area contributed by atoms with Crippen molar-refractivity contribution in [2.24, 2.45) is 0 Å². The summed E-state index contributed by atoms with van der Waals surface area (Å²) in [5.74, 6) is 0.214. The van der Waals surface area contributed by atoms with Gasteiger partial charge in [0.25, 0.3) is 5.91 Å². The zero-order valence-electron chi connectivity index (χ0n) is 21.1. The summed E-state index contributed by atoms with van der Waals surface area (Å²) in [5, 5.41) is 0. The van der Waals surface area contributed by atoms with Gasteiger partial charge in [-0.2, -0.15) is 0 Å². The molecule has 3 heterocycles. The number of nitrogens with zero attached hydrogens (tertiary/aromatic N) is 3. The van der Waals surface area contributed by atoms with Crippen LogP contribution in [0.1, 0.15) is 59.2 Å². The summed E-state index contributed by atoms with van der Waals surface area (Å²) in [4.78, 5) is 20.7. The van der Waals surface area contributed by atoms with E-state index < -0.39 is 9.84 Å². The van der Waals surface area contributed by atoms with Crippen molar-refractivity contribution in [2.45, 2.75) is 62.3 Å². The molecule has 2 aromatic rings. The van der Waals surface area contributed by atoms with Gasteiger partial charge >= 0.3 is 0 Å². The molecule has 1 saturated heterocycles. The highest BCUT2D eigenvalue weighted by Gasteiger charge is 2.28. The second-order valence-electron chi connectivity index (χ2n) is 11.0. The lowest BCUT2D eigenvalue weighted by Gasteiger charge is -2.36. The Kier molecular flexibility index (Phi) is 6.54. The third-order valence-corrected chi connectivity index (χ3v) is 10.7. The molecule has 7 heteroatoms. The molecule has 1 aliphatic carbocycles. The van der Waals surface area contributed by atoms with Gasteiger partial charge in [0.15, 0.2) is 9.84 Å². The van der Waals surface area contributed by atoms with Crippen LogP contribution in [-0.2, 0) is 29.1 Å².